The molecule has 1 saturated heterocycles. The smallest absolute Gasteiger partial charge is 0.254 e. The Morgan fingerprint density at radius 1 is 1.27 bits per heavy atom. The van der Waals surface area contributed by atoms with E-state index in [4.69, 9.17) is 14.2 Å². The number of nitrogens with zero attached hydrogens (tertiary/aromatic N) is 1. The van der Waals surface area contributed by atoms with Gasteiger partial charge >= 0.3 is 0 Å². The minimum absolute atomic E-state index is 0.0308. The van der Waals surface area contributed by atoms with E-state index < -0.39 is 5.79 Å². The van der Waals surface area contributed by atoms with Crippen LogP contribution in [0.25, 0.3) is 6.08 Å². The Morgan fingerprint density at radius 2 is 2.03 bits per heavy atom. The van der Waals surface area contributed by atoms with Gasteiger partial charge in [-0.25, -0.2) is 0 Å². The van der Waals surface area contributed by atoms with Crippen LogP contribution in [0.5, 0.6) is 17.2 Å². The summed E-state index contributed by atoms with van der Waals surface area (Å²) in [5.74, 6) is 0.510. The zero-order valence-corrected chi connectivity index (χ0v) is 19.6. The second-order valence-corrected chi connectivity index (χ2v) is 9.19. The zero-order chi connectivity index (χ0) is 23.6. The molecule has 2 aromatic rings. The highest BCUT2D eigenvalue weighted by atomic mass is 16.7. The largest absolute Gasteiger partial charge is 0.493 e. The van der Waals surface area contributed by atoms with Gasteiger partial charge in [-0.05, 0) is 31.0 Å². The fourth-order valence-electron chi connectivity index (χ4n) is 4.34. The number of carbonyl (C=O) groups excluding carboxylic acids is 1. The van der Waals surface area contributed by atoms with Gasteiger partial charge in [0.15, 0.2) is 11.5 Å². The Morgan fingerprint density at radius 3 is 2.70 bits per heavy atom. The van der Waals surface area contributed by atoms with Gasteiger partial charge in [-0.1, -0.05) is 42.0 Å². The lowest BCUT2D eigenvalue weighted by Crippen LogP contribution is -2.42. The van der Waals surface area contributed by atoms with Crippen LogP contribution in [0.3, 0.4) is 0 Å². The van der Waals surface area contributed by atoms with Gasteiger partial charge in [0, 0.05) is 45.1 Å². The molecular weight excluding hydrogens is 420 g/mol. The van der Waals surface area contributed by atoms with E-state index in [0.717, 1.165) is 11.1 Å². The summed E-state index contributed by atoms with van der Waals surface area (Å²) in [7, 11) is 1.55. The molecule has 4 rings (SSSR count). The van der Waals surface area contributed by atoms with Crippen molar-refractivity contribution in [2.75, 3.05) is 26.7 Å². The molecule has 0 spiro atoms. The van der Waals surface area contributed by atoms with Crippen LogP contribution >= 0.6 is 0 Å². The number of ether oxygens (including phenoxy) is 3. The minimum Gasteiger partial charge on any atom is -0.493 e. The third-order valence-corrected chi connectivity index (χ3v) is 5.77. The van der Waals surface area contributed by atoms with Crippen molar-refractivity contribution in [3.05, 3.63) is 59.2 Å². The molecule has 0 aliphatic carbocycles. The highest BCUT2D eigenvalue weighted by molar-refractivity contribution is 5.96. The third-order valence-electron chi connectivity index (χ3n) is 5.77. The molecule has 0 radical (unpaired) electrons. The molecule has 0 bridgehead atoms. The SMILES string of the molecule is COc1cc(C(=O)N(CC(C)=Cc2ccccc2)CC2CC(O)CN2)cc2c1OC(C)(C)O2. The summed E-state index contributed by atoms with van der Waals surface area (Å²) < 4.78 is 17.2. The summed E-state index contributed by atoms with van der Waals surface area (Å²) >= 11 is 0. The van der Waals surface area contributed by atoms with Gasteiger partial charge < -0.3 is 29.5 Å². The van der Waals surface area contributed by atoms with Crippen LogP contribution in [0.4, 0.5) is 0 Å². The third kappa shape index (κ3) is 5.49. The Kier molecular flexibility index (Phi) is 6.63. The number of rotatable bonds is 7. The highest BCUT2D eigenvalue weighted by Gasteiger charge is 2.36. The van der Waals surface area contributed by atoms with Gasteiger partial charge in [0.1, 0.15) is 0 Å². The molecule has 2 unspecified atom stereocenters. The van der Waals surface area contributed by atoms with Crippen molar-refractivity contribution in [2.24, 2.45) is 0 Å². The van der Waals surface area contributed by atoms with Crippen LogP contribution in [0.2, 0.25) is 0 Å². The van der Waals surface area contributed by atoms with E-state index in [1.165, 1.54) is 0 Å². The summed E-state index contributed by atoms with van der Waals surface area (Å²) in [6, 6.07) is 13.5. The molecule has 2 N–H and O–H groups in total. The maximum atomic E-state index is 13.7. The molecule has 33 heavy (non-hydrogen) atoms. The van der Waals surface area contributed by atoms with Crippen LogP contribution in [0.1, 0.15) is 43.1 Å². The van der Waals surface area contributed by atoms with E-state index in [-0.39, 0.29) is 18.1 Å². The number of hydrogen-bond donors (Lipinski definition) is 2. The lowest BCUT2D eigenvalue weighted by Gasteiger charge is -2.27. The second-order valence-electron chi connectivity index (χ2n) is 9.19. The summed E-state index contributed by atoms with van der Waals surface area (Å²) in [5, 5.41) is 13.3. The zero-order valence-electron chi connectivity index (χ0n) is 19.6. The van der Waals surface area contributed by atoms with Gasteiger partial charge in [0.05, 0.1) is 13.2 Å². The predicted molar refractivity (Wildman–Crippen MR) is 127 cm³/mol. The second kappa shape index (κ2) is 9.45. The van der Waals surface area contributed by atoms with Gasteiger partial charge in [0.25, 0.3) is 5.91 Å². The highest BCUT2D eigenvalue weighted by Crippen LogP contribution is 2.46. The van der Waals surface area contributed by atoms with Crippen molar-refractivity contribution in [1.82, 2.24) is 10.2 Å². The first-order valence-electron chi connectivity index (χ1n) is 11.3. The molecule has 1 amide bonds. The normalized spacial score (nSPS) is 21.2. The van der Waals surface area contributed by atoms with Crippen molar-refractivity contribution < 1.29 is 24.1 Å². The summed E-state index contributed by atoms with van der Waals surface area (Å²) in [5.41, 5.74) is 2.61. The number of methoxy groups -OCH3 is 1. The molecule has 2 aliphatic rings. The average molecular weight is 453 g/mol. The number of β-amino-alcohol motifs (C(OH)–C–C–N with tert-alkyl or cyclic N) is 1. The van der Waals surface area contributed by atoms with Crippen LogP contribution < -0.4 is 19.5 Å². The van der Waals surface area contributed by atoms with Gasteiger partial charge in [-0.15, -0.1) is 0 Å². The Hall–Kier alpha value is -3.03. The van der Waals surface area contributed by atoms with Crippen LogP contribution in [-0.2, 0) is 0 Å². The molecule has 2 atom stereocenters. The molecule has 7 nitrogen and oxygen atoms in total. The van der Waals surface area contributed by atoms with Crippen LogP contribution in [0, 0.1) is 0 Å². The van der Waals surface area contributed by atoms with E-state index >= 15 is 0 Å². The molecule has 2 aliphatic heterocycles. The van der Waals surface area contributed by atoms with Crippen molar-refractivity contribution >= 4 is 12.0 Å². The van der Waals surface area contributed by atoms with Crippen molar-refractivity contribution in [1.29, 1.82) is 0 Å². The van der Waals surface area contributed by atoms with Crippen molar-refractivity contribution in [2.45, 2.75) is 45.1 Å². The minimum atomic E-state index is -0.824. The van der Waals surface area contributed by atoms with E-state index in [0.29, 0.717) is 48.9 Å². The molecular formula is C26H32N2O5. The average Bonchev–Trinajstić information content (AvgIpc) is 3.33. The fraction of sp³-hybridized carbons (Fsp3) is 0.423. The maximum Gasteiger partial charge on any atom is 0.254 e. The first-order chi connectivity index (χ1) is 15.7. The summed E-state index contributed by atoms with van der Waals surface area (Å²) in [4.78, 5) is 15.5. The Bertz CT molecular complexity index is 1030. The number of hydrogen-bond acceptors (Lipinski definition) is 6. The molecule has 0 saturated carbocycles. The van der Waals surface area contributed by atoms with Gasteiger partial charge in [-0.2, -0.15) is 0 Å². The van der Waals surface area contributed by atoms with E-state index in [1.54, 1.807) is 19.2 Å². The molecule has 7 heteroatoms. The standard InChI is InChI=1S/C26H32N2O5/c1-17(10-18-8-6-5-7-9-18)15-28(16-20-13-21(29)14-27-20)25(30)19-11-22(31-4)24-23(12-19)32-26(2,3)33-24/h5-12,20-21,27,29H,13-16H2,1-4H3. The van der Waals surface area contributed by atoms with E-state index in [2.05, 4.69) is 11.4 Å². The summed E-state index contributed by atoms with van der Waals surface area (Å²) in [6.45, 7) is 7.14. The topological polar surface area (TPSA) is 80.3 Å². The monoisotopic (exact) mass is 452 g/mol. The van der Waals surface area contributed by atoms with E-state index in [9.17, 15) is 9.90 Å². The number of aliphatic hydroxyl groups is 1. The first kappa shape index (κ1) is 23.1. The molecule has 1 fully saturated rings. The van der Waals surface area contributed by atoms with E-state index in [1.807, 2.05) is 56.0 Å². The summed E-state index contributed by atoms with van der Waals surface area (Å²) in [6.07, 6.45) is 2.31. The van der Waals surface area contributed by atoms with Crippen LogP contribution in [0.15, 0.2) is 48.0 Å². The van der Waals surface area contributed by atoms with Gasteiger partial charge in [-0.3, -0.25) is 4.79 Å². The predicted octanol–water partition coefficient (Wildman–Crippen LogP) is 3.47. The quantitative estimate of drug-likeness (QED) is 0.670. The van der Waals surface area contributed by atoms with Crippen molar-refractivity contribution in [3.8, 4) is 17.2 Å². The van der Waals surface area contributed by atoms with Gasteiger partial charge in [0.2, 0.25) is 11.5 Å². The lowest BCUT2D eigenvalue weighted by molar-refractivity contribution is -0.0439. The fourth-order valence-corrected chi connectivity index (χ4v) is 4.34. The number of carbonyl (C=O) groups is 1. The number of amides is 1. The first-order valence-corrected chi connectivity index (χ1v) is 11.3. The molecule has 0 aromatic heterocycles. The van der Waals surface area contributed by atoms with Crippen LogP contribution in [-0.4, -0.2) is 60.6 Å². The van der Waals surface area contributed by atoms with Crippen molar-refractivity contribution in [3.63, 3.8) is 0 Å². The maximum absolute atomic E-state index is 13.7. The number of aliphatic hydroxyl groups excluding tert-OH is 1. The number of nitrogens with one attached hydrogen (secondary N) is 1. The number of benzene rings is 2. The Balaban J connectivity index is 1.61. The number of fused-ring (bicyclic) bond motifs is 1. The lowest BCUT2D eigenvalue weighted by atomic mass is 10.1. The molecule has 2 aromatic carbocycles. The molecule has 176 valence electrons. The Labute approximate surface area is 195 Å². The molecule has 2 heterocycles.